The fourth-order valence-electron chi connectivity index (χ4n) is 5.83. The molecule has 0 fully saturated rings. The number of rotatable bonds is 12. The Hall–Kier alpha value is -4.96. The molecule has 0 amide bonds. The summed E-state index contributed by atoms with van der Waals surface area (Å²) < 4.78 is 45.2. The van der Waals surface area contributed by atoms with Crippen molar-refractivity contribution < 1.29 is 26.9 Å². The molecule has 1 aliphatic carbocycles. The van der Waals surface area contributed by atoms with Crippen LogP contribution in [0.1, 0.15) is 39.0 Å². The molecule has 0 radical (unpaired) electrons. The number of hydrogen-bond donors (Lipinski definition) is 0. The maximum absolute atomic E-state index is 14.4. The topological polar surface area (TPSA) is 96.7 Å². The summed E-state index contributed by atoms with van der Waals surface area (Å²) in [4.78, 5) is 14.5. The zero-order valence-electron chi connectivity index (χ0n) is 26.1. The summed E-state index contributed by atoms with van der Waals surface area (Å²) in [6.07, 6.45) is 0.345. The smallest absolute Gasteiger partial charge is 0.296 e. The summed E-state index contributed by atoms with van der Waals surface area (Å²) >= 11 is 6.71. The van der Waals surface area contributed by atoms with Gasteiger partial charge in [-0.3, -0.25) is 13.7 Å². The average molecular weight is 679 g/mol. The van der Waals surface area contributed by atoms with Crippen molar-refractivity contribution in [3.63, 3.8) is 0 Å². The van der Waals surface area contributed by atoms with Crippen LogP contribution in [0.4, 0.5) is 0 Å². The van der Waals surface area contributed by atoms with Crippen LogP contribution in [0.25, 0.3) is 22.2 Å². The van der Waals surface area contributed by atoms with Crippen LogP contribution < -0.4 is 9.47 Å². The van der Waals surface area contributed by atoms with E-state index in [4.69, 9.17) is 30.4 Å². The van der Waals surface area contributed by atoms with Gasteiger partial charge in [0.1, 0.15) is 30.4 Å². The van der Waals surface area contributed by atoms with Crippen LogP contribution in [0, 0.1) is 6.92 Å². The number of benzene rings is 5. The van der Waals surface area contributed by atoms with Crippen LogP contribution in [0.3, 0.4) is 0 Å². The van der Waals surface area contributed by atoms with Crippen molar-refractivity contribution in [3.05, 3.63) is 142 Å². The molecule has 1 heterocycles. The van der Waals surface area contributed by atoms with Crippen molar-refractivity contribution in [3.8, 4) is 22.8 Å². The van der Waals surface area contributed by atoms with Gasteiger partial charge in [0.05, 0.1) is 38.7 Å². The van der Waals surface area contributed by atoms with Crippen LogP contribution in [0.15, 0.2) is 114 Å². The molecule has 0 bridgehead atoms. The van der Waals surface area contributed by atoms with E-state index >= 15 is 0 Å². The van der Waals surface area contributed by atoms with E-state index in [1.807, 2.05) is 73.7 Å². The van der Waals surface area contributed by atoms with Gasteiger partial charge in [-0.05, 0) is 60.9 Å². The average Bonchev–Trinajstić information content (AvgIpc) is 3.47. The van der Waals surface area contributed by atoms with E-state index in [1.54, 1.807) is 35.0 Å². The highest BCUT2D eigenvalue weighted by atomic mass is 35.5. The molecule has 1 aliphatic rings. The molecule has 0 spiro atoms. The van der Waals surface area contributed by atoms with Crippen LogP contribution in [0.2, 0.25) is 5.02 Å². The Balaban J connectivity index is 1.24. The van der Waals surface area contributed by atoms with Crippen molar-refractivity contribution in [1.82, 2.24) is 9.78 Å². The van der Waals surface area contributed by atoms with E-state index in [9.17, 15) is 13.2 Å². The molecule has 0 saturated heterocycles. The first kappa shape index (κ1) is 31.6. The number of fused-ring (bicyclic) bond motifs is 2. The second-order valence-electron chi connectivity index (χ2n) is 11.5. The van der Waals surface area contributed by atoms with Gasteiger partial charge in [0.15, 0.2) is 5.78 Å². The highest BCUT2D eigenvalue weighted by Crippen LogP contribution is 2.48. The number of aromatic nitrogens is 2. The minimum atomic E-state index is -3.91. The Morgan fingerprint density at radius 3 is 1.96 bits per heavy atom. The minimum Gasteiger partial charge on any atom is -0.488 e. The standard InChI is InChI=1S/C38H31ClN2O6S/c1-25-13-15-28(16-14-25)48(43,44)47-22-8-21-41-30-18-17-29(39)33-34(30)37(40-41)35-31(45-23-26-9-4-2-5-10-26)19-20-32(36(35)38(33)42)46-24-27-11-6-3-7-12-27/h2-7,9-20H,8,21-24H2,1H3. The lowest BCUT2D eigenvalue weighted by Crippen LogP contribution is -2.14. The van der Waals surface area contributed by atoms with Crippen molar-refractivity contribution >= 4 is 38.4 Å². The number of aryl methyl sites for hydroxylation is 2. The summed E-state index contributed by atoms with van der Waals surface area (Å²) in [6.45, 7) is 2.71. The Morgan fingerprint density at radius 2 is 1.33 bits per heavy atom. The highest BCUT2D eigenvalue weighted by Gasteiger charge is 2.36. The number of ketones is 1. The minimum absolute atomic E-state index is 0.0498. The zero-order valence-corrected chi connectivity index (χ0v) is 27.6. The van der Waals surface area contributed by atoms with Gasteiger partial charge in [0, 0.05) is 11.9 Å². The number of carbonyl (C=O) groups is 1. The Labute approximate surface area is 283 Å². The van der Waals surface area contributed by atoms with E-state index < -0.39 is 10.1 Å². The fraction of sp³-hybridized carbons (Fsp3) is 0.158. The quantitative estimate of drug-likeness (QED) is 0.0950. The molecule has 6 aromatic rings. The molecule has 48 heavy (non-hydrogen) atoms. The van der Waals surface area contributed by atoms with Crippen molar-refractivity contribution in [2.45, 2.75) is 38.0 Å². The third-order valence-corrected chi connectivity index (χ3v) is 9.87. The summed E-state index contributed by atoms with van der Waals surface area (Å²) in [7, 11) is -3.91. The van der Waals surface area contributed by atoms with E-state index in [0.29, 0.717) is 62.8 Å². The molecule has 0 atom stereocenters. The monoisotopic (exact) mass is 678 g/mol. The van der Waals surface area contributed by atoms with Crippen LogP contribution in [-0.4, -0.2) is 30.6 Å². The molecular weight excluding hydrogens is 648 g/mol. The molecule has 10 heteroatoms. The van der Waals surface area contributed by atoms with Gasteiger partial charge in [0.2, 0.25) is 0 Å². The first-order valence-corrected chi connectivity index (χ1v) is 17.3. The third-order valence-electron chi connectivity index (χ3n) is 8.22. The second-order valence-corrected chi connectivity index (χ2v) is 13.5. The number of ether oxygens (including phenoxy) is 2. The maximum atomic E-state index is 14.4. The van der Waals surface area contributed by atoms with E-state index in [1.165, 1.54) is 12.1 Å². The van der Waals surface area contributed by atoms with Gasteiger partial charge < -0.3 is 9.47 Å². The lowest BCUT2D eigenvalue weighted by Gasteiger charge is -2.22. The zero-order chi connectivity index (χ0) is 33.3. The van der Waals surface area contributed by atoms with Gasteiger partial charge in [-0.2, -0.15) is 13.5 Å². The summed E-state index contributed by atoms with van der Waals surface area (Å²) in [5, 5.41) is 5.89. The SMILES string of the molecule is Cc1ccc(S(=O)(=O)OCCCn2nc3c4c(c(Cl)ccc42)C(=O)c2c(OCc4ccccc4)ccc(OCc4ccccc4)c2-3)cc1. The number of hydrogen-bond acceptors (Lipinski definition) is 7. The van der Waals surface area contributed by atoms with Gasteiger partial charge in [-0.25, -0.2) is 0 Å². The summed E-state index contributed by atoms with van der Waals surface area (Å²) in [6, 6.07) is 33.1. The Bertz CT molecular complexity index is 2240. The van der Waals surface area contributed by atoms with Crippen LogP contribution in [-0.2, 0) is 34.1 Å². The van der Waals surface area contributed by atoms with E-state index in [2.05, 4.69) is 0 Å². The lowest BCUT2D eigenvalue weighted by atomic mass is 9.86. The molecule has 0 unspecified atom stereocenters. The predicted octanol–water partition coefficient (Wildman–Crippen LogP) is 8.16. The molecule has 5 aromatic carbocycles. The Kier molecular flexibility index (Phi) is 8.75. The summed E-state index contributed by atoms with van der Waals surface area (Å²) in [5.74, 6) is 0.598. The van der Waals surface area contributed by atoms with Crippen LogP contribution >= 0.6 is 11.6 Å². The molecule has 1 aromatic heterocycles. The number of halogens is 1. The van der Waals surface area contributed by atoms with Gasteiger partial charge in [0.25, 0.3) is 10.1 Å². The maximum Gasteiger partial charge on any atom is 0.296 e. The lowest BCUT2D eigenvalue weighted by molar-refractivity contribution is 0.103. The normalized spacial score (nSPS) is 12.2. The molecule has 7 rings (SSSR count). The van der Waals surface area contributed by atoms with Gasteiger partial charge in [-0.15, -0.1) is 0 Å². The number of carbonyl (C=O) groups excluding carboxylic acids is 1. The number of nitrogens with zero attached hydrogens (tertiary/aromatic N) is 2. The van der Waals surface area contributed by atoms with Gasteiger partial charge >= 0.3 is 0 Å². The predicted molar refractivity (Wildman–Crippen MR) is 184 cm³/mol. The molecule has 0 N–H and O–H groups in total. The largest absolute Gasteiger partial charge is 0.488 e. The second kappa shape index (κ2) is 13.3. The fourth-order valence-corrected chi connectivity index (χ4v) is 7.02. The van der Waals surface area contributed by atoms with Crippen molar-refractivity contribution in [1.29, 1.82) is 0 Å². The first-order valence-electron chi connectivity index (χ1n) is 15.5. The summed E-state index contributed by atoms with van der Waals surface area (Å²) in [5.41, 5.74) is 5.30. The molecule has 0 saturated carbocycles. The third kappa shape index (κ3) is 6.20. The van der Waals surface area contributed by atoms with Gasteiger partial charge in [-0.1, -0.05) is 90.0 Å². The van der Waals surface area contributed by atoms with Crippen molar-refractivity contribution in [2.75, 3.05) is 6.61 Å². The van der Waals surface area contributed by atoms with E-state index in [0.717, 1.165) is 16.7 Å². The molecule has 8 nitrogen and oxygen atoms in total. The van der Waals surface area contributed by atoms with Crippen LogP contribution in [0.5, 0.6) is 11.5 Å². The first-order chi connectivity index (χ1) is 23.3. The highest BCUT2D eigenvalue weighted by molar-refractivity contribution is 7.86. The van der Waals surface area contributed by atoms with E-state index in [-0.39, 0.29) is 30.5 Å². The van der Waals surface area contributed by atoms with Crippen molar-refractivity contribution in [2.24, 2.45) is 0 Å². The molecule has 0 aliphatic heterocycles. The Morgan fingerprint density at radius 1 is 0.729 bits per heavy atom. The molecular formula is C38H31ClN2O6S. The molecule has 242 valence electrons.